The summed E-state index contributed by atoms with van der Waals surface area (Å²) in [5.74, 6) is 1.04. The molecule has 10 heteroatoms. The quantitative estimate of drug-likeness (QED) is 0.530. The molecule has 2 aliphatic heterocycles. The summed E-state index contributed by atoms with van der Waals surface area (Å²) in [5.41, 5.74) is 0.338. The molecule has 2 heterocycles. The summed E-state index contributed by atoms with van der Waals surface area (Å²) < 4.78 is 11.4. The Hall–Kier alpha value is -2.59. The van der Waals surface area contributed by atoms with Crippen molar-refractivity contribution in [3.8, 4) is 5.75 Å². The van der Waals surface area contributed by atoms with Crippen LogP contribution in [0.25, 0.3) is 0 Å². The number of hydrogen-bond acceptors (Lipinski definition) is 8. The zero-order chi connectivity index (χ0) is 22.3. The first kappa shape index (κ1) is 23.1. The standard InChI is InChI=1S/C21H29N5O4S/c1-21(2,3)30-20(28)26-10-8-25(9-11-26)12-13-29-17-7-5-4-6-16(17)14-22-24-19-23-18(27)15-31-19/h4-7,14H,8-13,15H2,1-3H3,(H,23,24,27). The normalized spacial score (nSPS) is 19.1. The van der Waals surface area contributed by atoms with Crippen LogP contribution in [0.5, 0.6) is 5.75 Å². The number of benzene rings is 1. The van der Waals surface area contributed by atoms with Crippen molar-refractivity contribution in [2.24, 2.45) is 10.2 Å². The van der Waals surface area contributed by atoms with Gasteiger partial charge in [0.1, 0.15) is 18.0 Å². The van der Waals surface area contributed by atoms with E-state index in [0.29, 0.717) is 30.6 Å². The molecule has 0 bridgehead atoms. The molecule has 0 unspecified atom stereocenters. The van der Waals surface area contributed by atoms with Crippen LogP contribution in [-0.4, -0.2) is 83.9 Å². The lowest BCUT2D eigenvalue weighted by Gasteiger charge is -2.35. The molecule has 0 aliphatic carbocycles. The second kappa shape index (κ2) is 10.6. The first-order valence-electron chi connectivity index (χ1n) is 10.3. The molecule has 0 saturated carbocycles. The number of hydrogen-bond donors (Lipinski definition) is 1. The van der Waals surface area contributed by atoms with Gasteiger partial charge in [-0.1, -0.05) is 23.9 Å². The topological polar surface area (TPSA) is 95.8 Å². The molecule has 3 rings (SSSR count). The van der Waals surface area contributed by atoms with E-state index in [1.807, 2.05) is 45.0 Å². The molecule has 2 fully saturated rings. The second-order valence-corrected chi connectivity index (χ2v) is 9.15. The molecule has 9 nitrogen and oxygen atoms in total. The number of nitrogens with zero attached hydrogens (tertiary/aromatic N) is 4. The van der Waals surface area contributed by atoms with Gasteiger partial charge in [0.05, 0.1) is 12.0 Å². The average molecular weight is 448 g/mol. The van der Waals surface area contributed by atoms with Gasteiger partial charge in [0, 0.05) is 38.3 Å². The molecule has 0 radical (unpaired) electrons. The van der Waals surface area contributed by atoms with E-state index in [1.165, 1.54) is 11.8 Å². The fourth-order valence-corrected chi connectivity index (χ4v) is 3.64. The number of rotatable bonds is 6. The van der Waals surface area contributed by atoms with Crippen LogP contribution in [0.2, 0.25) is 0 Å². The van der Waals surface area contributed by atoms with Gasteiger partial charge in [0.15, 0.2) is 5.17 Å². The molecule has 31 heavy (non-hydrogen) atoms. The minimum atomic E-state index is -0.478. The lowest BCUT2D eigenvalue weighted by molar-refractivity contribution is -0.116. The van der Waals surface area contributed by atoms with Crippen molar-refractivity contribution in [3.63, 3.8) is 0 Å². The average Bonchev–Trinajstić information content (AvgIpc) is 3.13. The maximum Gasteiger partial charge on any atom is 0.410 e. The van der Waals surface area contributed by atoms with E-state index in [9.17, 15) is 9.59 Å². The van der Waals surface area contributed by atoms with Gasteiger partial charge in [-0.2, -0.15) is 5.10 Å². The number of carbonyl (C=O) groups is 2. The van der Waals surface area contributed by atoms with E-state index in [2.05, 4.69) is 20.4 Å². The molecule has 0 atom stereocenters. The van der Waals surface area contributed by atoms with Crippen molar-refractivity contribution < 1.29 is 19.1 Å². The van der Waals surface area contributed by atoms with Gasteiger partial charge in [-0.15, -0.1) is 5.10 Å². The van der Waals surface area contributed by atoms with E-state index in [0.717, 1.165) is 30.9 Å². The monoisotopic (exact) mass is 447 g/mol. The summed E-state index contributed by atoms with van der Waals surface area (Å²) in [6, 6.07) is 7.61. The lowest BCUT2D eigenvalue weighted by Crippen LogP contribution is -2.50. The van der Waals surface area contributed by atoms with Crippen molar-refractivity contribution in [1.29, 1.82) is 0 Å². The third-order valence-corrected chi connectivity index (χ3v) is 5.40. The number of thioether (sulfide) groups is 1. The lowest BCUT2D eigenvalue weighted by atomic mass is 10.2. The Labute approximate surface area is 186 Å². The summed E-state index contributed by atoms with van der Waals surface area (Å²) in [4.78, 5) is 27.4. The highest BCUT2D eigenvalue weighted by Crippen LogP contribution is 2.17. The number of carbonyl (C=O) groups excluding carboxylic acids is 2. The Morgan fingerprint density at radius 3 is 2.65 bits per heavy atom. The van der Waals surface area contributed by atoms with Crippen LogP contribution in [0.4, 0.5) is 4.79 Å². The molecular formula is C21H29N5O4S. The predicted molar refractivity (Wildman–Crippen MR) is 122 cm³/mol. The summed E-state index contributed by atoms with van der Waals surface area (Å²) in [6.45, 7) is 9.77. The van der Waals surface area contributed by atoms with Crippen molar-refractivity contribution in [2.75, 3.05) is 45.1 Å². The number of nitrogens with one attached hydrogen (secondary N) is 1. The Morgan fingerprint density at radius 2 is 1.97 bits per heavy atom. The van der Waals surface area contributed by atoms with Crippen LogP contribution in [0, 0.1) is 0 Å². The van der Waals surface area contributed by atoms with Gasteiger partial charge in [-0.05, 0) is 32.9 Å². The number of amides is 2. The van der Waals surface area contributed by atoms with Crippen molar-refractivity contribution in [1.82, 2.24) is 15.1 Å². The van der Waals surface area contributed by atoms with Crippen LogP contribution in [0.3, 0.4) is 0 Å². The van der Waals surface area contributed by atoms with Gasteiger partial charge in [0.25, 0.3) is 0 Å². The number of piperazine rings is 1. The van der Waals surface area contributed by atoms with E-state index in [1.54, 1.807) is 11.1 Å². The van der Waals surface area contributed by atoms with Crippen molar-refractivity contribution in [3.05, 3.63) is 29.8 Å². The number of para-hydroxylation sites is 1. The Morgan fingerprint density at radius 1 is 1.23 bits per heavy atom. The second-order valence-electron chi connectivity index (χ2n) is 8.18. The van der Waals surface area contributed by atoms with Gasteiger partial charge in [-0.25, -0.2) is 4.79 Å². The molecular weight excluding hydrogens is 418 g/mol. The number of amidine groups is 1. The van der Waals surface area contributed by atoms with Crippen LogP contribution < -0.4 is 10.1 Å². The van der Waals surface area contributed by atoms with Crippen LogP contribution >= 0.6 is 11.8 Å². The highest BCUT2D eigenvalue weighted by molar-refractivity contribution is 8.15. The largest absolute Gasteiger partial charge is 0.492 e. The molecule has 1 aromatic rings. The first-order valence-corrected chi connectivity index (χ1v) is 11.2. The Bertz CT molecular complexity index is 844. The molecule has 1 aromatic carbocycles. The highest BCUT2D eigenvalue weighted by atomic mass is 32.2. The molecule has 2 amide bonds. The fraction of sp³-hybridized carbons (Fsp3) is 0.524. The van der Waals surface area contributed by atoms with E-state index in [-0.39, 0.29) is 12.0 Å². The van der Waals surface area contributed by atoms with Crippen molar-refractivity contribution >= 4 is 35.1 Å². The van der Waals surface area contributed by atoms with Crippen LogP contribution in [0.1, 0.15) is 26.3 Å². The van der Waals surface area contributed by atoms with Gasteiger partial charge >= 0.3 is 6.09 Å². The minimum Gasteiger partial charge on any atom is -0.492 e. The zero-order valence-electron chi connectivity index (χ0n) is 18.2. The summed E-state index contributed by atoms with van der Waals surface area (Å²) in [6.07, 6.45) is 1.36. The fourth-order valence-electron chi connectivity index (χ4n) is 3.01. The smallest absolute Gasteiger partial charge is 0.410 e. The third-order valence-electron chi connectivity index (χ3n) is 4.54. The molecule has 1 N–H and O–H groups in total. The van der Waals surface area contributed by atoms with Crippen molar-refractivity contribution in [2.45, 2.75) is 26.4 Å². The van der Waals surface area contributed by atoms with E-state index < -0.39 is 5.60 Å². The van der Waals surface area contributed by atoms with Crippen LogP contribution in [-0.2, 0) is 9.53 Å². The van der Waals surface area contributed by atoms with Crippen LogP contribution in [0.15, 0.2) is 34.5 Å². The zero-order valence-corrected chi connectivity index (χ0v) is 19.0. The summed E-state index contributed by atoms with van der Waals surface area (Å²) in [7, 11) is 0. The van der Waals surface area contributed by atoms with Gasteiger partial charge in [-0.3, -0.25) is 9.69 Å². The SMILES string of the molecule is CC(C)(C)OC(=O)N1CCN(CCOc2ccccc2C=NN=C2NC(=O)CS2)CC1. The Kier molecular flexibility index (Phi) is 7.91. The predicted octanol–water partition coefficient (Wildman–Crippen LogP) is 2.17. The maximum absolute atomic E-state index is 12.2. The summed E-state index contributed by atoms with van der Waals surface area (Å²) in [5, 5.41) is 11.2. The summed E-state index contributed by atoms with van der Waals surface area (Å²) >= 11 is 1.33. The number of ether oxygens (including phenoxy) is 2. The Balaban J connectivity index is 1.43. The molecule has 168 valence electrons. The minimum absolute atomic E-state index is 0.0605. The van der Waals surface area contributed by atoms with E-state index in [4.69, 9.17) is 9.47 Å². The molecule has 0 spiro atoms. The first-order chi connectivity index (χ1) is 14.8. The molecule has 2 saturated heterocycles. The third kappa shape index (κ3) is 7.55. The van der Waals surface area contributed by atoms with Gasteiger partial charge in [0.2, 0.25) is 5.91 Å². The molecule has 0 aromatic heterocycles. The van der Waals surface area contributed by atoms with E-state index >= 15 is 0 Å². The molecule has 2 aliphatic rings. The maximum atomic E-state index is 12.2. The van der Waals surface area contributed by atoms with Gasteiger partial charge < -0.3 is 19.7 Å². The highest BCUT2D eigenvalue weighted by Gasteiger charge is 2.25.